The van der Waals surface area contributed by atoms with Gasteiger partial charge < -0.3 is 0 Å². The molecule has 21 heavy (non-hydrogen) atoms. The molecule has 0 fully saturated rings. The summed E-state index contributed by atoms with van der Waals surface area (Å²) < 4.78 is 27.2. The molecule has 3 rings (SSSR count). The van der Waals surface area contributed by atoms with Gasteiger partial charge in [0.05, 0.1) is 16.1 Å². The van der Waals surface area contributed by atoms with Crippen LogP contribution in [0.15, 0.2) is 30.3 Å². The SMILES string of the molecule is Cc1ccc(Cl)c2nc(-c3cccc(F)c3F)nc(Cl)c12. The van der Waals surface area contributed by atoms with Crippen LogP contribution in [0.4, 0.5) is 8.78 Å². The number of aryl methyl sites for hydroxylation is 1. The smallest absolute Gasteiger partial charge is 0.169 e. The molecule has 0 spiro atoms. The normalized spacial score (nSPS) is 11.1. The average Bonchev–Trinajstić information content (AvgIpc) is 2.45. The first-order chi connectivity index (χ1) is 9.99. The van der Waals surface area contributed by atoms with E-state index in [9.17, 15) is 8.78 Å². The van der Waals surface area contributed by atoms with Gasteiger partial charge in [0.25, 0.3) is 0 Å². The molecule has 0 aliphatic rings. The molecule has 0 saturated heterocycles. The van der Waals surface area contributed by atoms with E-state index in [4.69, 9.17) is 23.2 Å². The third-order valence-electron chi connectivity index (χ3n) is 3.16. The van der Waals surface area contributed by atoms with Crippen molar-refractivity contribution >= 4 is 34.1 Å². The van der Waals surface area contributed by atoms with E-state index in [2.05, 4.69) is 9.97 Å². The molecule has 1 heterocycles. The number of hydrogen-bond acceptors (Lipinski definition) is 2. The van der Waals surface area contributed by atoms with E-state index in [1.807, 2.05) is 6.92 Å². The molecule has 2 aromatic carbocycles. The van der Waals surface area contributed by atoms with Crippen molar-refractivity contribution in [2.45, 2.75) is 6.92 Å². The van der Waals surface area contributed by atoms with Gasteiger partial charge in [-0.25, -0.2) is 18.7 Å². The number of rotatable bonds is 1. The van der Waals surface area contributed by atoms with Crippen molar-refractivity contribution in [2.75, 3.05) is 0 Å². The lowest BCUT2D eigenvalue weighted by Crippen LogP contribution is -1.97. The van der Waals surface area contributed by atoms with E-state index in [0.717, 1.165) is 11.6 Å². The van der Waals surface area contributed by atoms with E-state index >= 15 is 0 Å². The lowest BCUT2D eigenvalue weighted by Gasteiger charge is -2.09. The van der Waals surface area contributed by atoms with Crippen molar-refractivity contribution in [3.8, 4) is 11.4 Å². The second-order valence-corrected chi connectivity index (χ2v) is 5.29. The minimum Gasteiger partial charge on any atom is -0.226 e. The molecule has 0 aliphatic carbocycles. The monoisotopic (exact) mass is 324 g/mol. The summed E-state index contributed by atoms with van der Waals surface area (Å²) in [7, 11) is 0. The fourth-order valence-corrected chi connectivity index (χ4v) is 2.63. The molecule has 0 unspecified atom stereocenters. The molecular formula is C15H8Cl2F2N2. The molecule has 1 aromatic heterocycles. The lowest BCUT2D eigenvalue weighted by atomic mass is 10.1. The Labute approximate surface area is 129 Å². The van der Waals surface area contributed by atoms with Gasteiger partial charge in [0, 0.05) is 5.39 Å². The Morgan fingerprint density at radius 3 is 2.52 bits per heavy atom. The highest BCUT2D eigenvalue weighted by atomic mass is 35.5. The van der Waals surface area contributed by atoms with Crippen molar-refractivity contribution < 1.29 is 8.78 Å². The van der Waals surface area contributed by atoms with Gasteiger partial charge in [0.2, 0.25) is 0 Å². The summed E-state index contributed by atoms with van der Waals surface area (Å²) in [6.45, 7) is 1.84. The fraction of sp³-hybridized carbons (Fsp3) is 0.0667. The Morgan fingerprint density at radius 2 is 1.76 bits per heavy atom. The minimum absolute atomic E-state index is 0.00278. The summed E-state index contributed by atoms with van der Waals surface area (Å²) in [5.41, 5.74) is 1.21. The maximum atomic E-state index is 13.9. The summed E-state index contributed by atoms with van der Waals surface area (Å²) in [6, 6.07) is 7.27. The van der Waals surface area contributed by atoms with Crippen molar-refractivity contribution in [2.24, 2.45) is 0 Å². The van der Waals surface area contributed by atoms with Gasteiger partial charge in [-0.2, -0.15) is 0 Å². The molecule has 0 radical (unpaired) electrons. The van der Waals surface area contributed by atoms with Gasteiger partial charge in [0.1, 0.15) is 5.15 Å². The quantitative estimate of drug-likeness (QED) is 0.575. The molecule has 3 aromatic rings. The third-order valence-corrected chi connectivity index (χ3v) is 3.74. The van der Waals surface area contributed by atoms with Crippen LogP contribution in [0.5, 0.6) is 0 Å². The van der Waals surface area contributed by atoms with Crippen LogP contribution in [-0.4, -0.2) is 9.97 Å². The molecule has 106 valence electrons. The molecule has 0 bridgehead atoms. The molecule has 0 amide bonds. The zero-order chi connectivity index (χ0) is 15.1. The van der Waals surface area contributed by atoms with Crippen molar-refractivity contribution in [3.63, 3.8) is 0 Å². The first-order valence-electron chi connectivity index (χ1n) is 6.06. The van der Waals surface area contributed by atoms with Crippen LogP contribution < -0.4 is 0 Å². The Morgan fingerprint density at radius 1 is 1.00 bits per heavy atom. The van der Waals surface area contributed by atoms with Crippen molar-refractivity contribution in [1.82, 2.24) is 9.97 Å². The van der Waals surface area contributed by atoms with Crippen LogP contribution in [0.1, 0.15) is 5.56 Å². The first kappa shape index (κ1) is 14.2. The van der Waals surface area contributed by atoms with Gasteiger partial charge >= 0.3 is 0 Å². The molecule has 0 atom stereocenters. The number of benzene rings is 2. The highest BCUT2D eigenvalue weighted by Gasteiger charge is 2.16. The topological polar surface area (TPSA) is 25.8 Å². The largest absolute Gasteiger partial charge is 0.226 e. The van der Waals surface area contributed by atoms with E-state index in [1.165, 1.54) is 12.1 Å². The molecule has 0 saturated carbocycles. The zero-order valence-corrected chi connectivity index (χ0v) is 12.3. The van der Waals surface area contributed by atoms with Crippen molar-refractivity contribution in [3.05, 3.63) is 57.7 Å². The molecule has 6 heteroatoms. The number of nitrogens with zero attached hydrogens (tertiary/aromatic N) is 2. The van der Waals surface area contributed by atoms with Gasteiger partial charge in [-0.15, -0.1) is 0 Å². The summed E-state index contributed by atoms with van der Waals surface area (Å²) in [5.74, 6) is -1.99. The number of fused-ring (bicyclic) bond motifs is 1. The van der Waals surface area contributed by atoms with Crippen LogP contribution >= 0.6 is 23.2 Å². The first-order valence-corrected chi connectivity index (χ1v) is 6.81. The fourth-order valence-electron chi connectivity index (χ4n) is 2.11. The average molecular weight is 325 g/mol. The van der Waals surface area contributed by atoms with Gasteiger partial charge in [-0.05, 0) is 30.7 Å². The van der Waals surface area contributed by atoms with E-state index in [-0.39, 0.29) is 16.5 Å². The van der Waals surface area contributed by atoms with E-state index < -0.39 is 11.6 Å². The number of aromatic nitrogens is 2. The second-order valence-electron chi connectivity index (χ2n) is 4.53. The van der Waals surface area contributed by atoms with Gasteiger partial charge in [-0.3, -0.25) is 0 Å². The van der Waals surface area contributed by atoms with E-state index in [1.54, 1.807) is 12.1 Å². The minimum atomic E-state index is -1.02. The standard InChI is InChI=1S/C15H8Cl2F2N2/c1-7-5-6-9(16)13-11(7)14(17)21-15(20-13)8-3-2-4-10(18)12(8)19/h2-6H,1H3. The summed E-state index contributed by atoms with van der Waals surface area (Å²) in [5, 5.41) is 1.13. The Bertz CT molecular complexity index is 866. The zero-order valence-electron chi connectivity index (χ0n) is 10.8. The molecule has 0 N–H and O–H groups in total. The highest BCUT2D eigenvalue weighted by molar-refractivity contribution is 6.38. The number of halogens is 4. The van der Waals surface area contributed by atoms with E-state index in [0.29, 0.717) is 15.9 Å². The molecule has 2 nitrogen and oxygen atoms in total. The Kier molecular flexibility index (Phi) is 3.51. The summed E-state index contributed by atoms with van der Waals surface area (Å²) >= 11 is 12.3. The van der Waals surface area contributed by atoms with Gasteiger partial charge in [0.15, 0.2) is 17.5 Å². The Balaban J connectivity index is 2.36. The van der Waals surface area contributed by atoms with Crippen molar-refractivity contribution in [1.29, 1.82) is 0 Å². The number of hydrogen-bond donors (Lipinski definition) is 0. The lowest BCUT2D eigenvalue weighted by molar-refractivity contribution is 0.510. The summed E-state index contributed by atoms with van der Waals surface area (Å²) in [4.78, 5) is 8.30. The maximum Gasteiger partial charge on any atom is 0.169 e. The van der Waals surface area contributed by atoms with Crippen LogP contribution in [0.3, 0.4) is 0 Å². The predicted molar refractivity (Wildman–Crippen MR) is 79.6 cm³/mol. The van der Waals surface area contributed by atoms with Crippen LogP contribution in [0.2, 0.25) is 10.2 Å². The third kappa shape index (κ3) is 2.34. The second kappa shape index (κ2) is 5.20. The maximum absolute atomic E-state index is 13.9. The molecule has 0 aliphatic heterocycles. The van der Waals surface area contributed by atoms with Crippen LogP contribution in [-0.2, 0) is 0 Å². The predicted octanol–water partition coefficient (Wildman–Crippen LogP) is 5.19. The molecular weight excluding hydrogens is 317 g/mol. The van der Waals surface area contributed by atoms with Crippen LogP contribution in [0, 0.1) is 18.6 Å². The van der Waals surface area contributed by atoms with Crippen LogP contribution in [0.25, 0.3) is 22.3 Å². The highest BCUT2D eigenvalue weighted by Crippen LogP contribution is 2.32. The van der Waals surface area contributed by atoms with Gasteiger partial charge in [-0.1, -0.05) is 35.3 Å². The summed E-state index contributed by atoms with van der Waals surface area (Å²) in [6.07, 6.45) is 0. The Hall–Kier alpha value is -1.78.